The second-order valence-corrected chi connectivity index (χ2v) is 5.71. The van der Waals surface area contributed by atoms with E-state index in [0.29, 0.717) is 10.6 Å². The van der Waals surface area contributed by atoms with Crippen molar-refractivity contribution in [2.24, 2.45) is 5.92 Å². The van der Waals surface area contributed by atoms with Gasteiger partial charge in [-0.05, 0) is 29.7 Å². The Labute approximate surface area is 104 Å². The number of rotatable bonds is 1. The zero-order chi connectivity index (χ0) is 11.2. The average Bonchev–Trinajstić information content (AvgIpc) is 2.65. The van der Waals surface area contributed by atoms with Crippen molar-refractivity contribution >= 4 is 34.8 Å². The van der Waals surface area contributed by atoms with Gasteiger partial charge in [-0.2, -0.15) is 5.26 Å². The summed E-state index contributed by atoms with van der Waals surface area (Å²) in [6.07, 6.45) is 0. The van der Waals surface area contributed by atoms with Crippen LogP contribution in [0.3, 0.4) is 0 Å². The molecule has 1 aliphatic carbocycles. The Hall–Kier alpha value is -0.420. The predicted molar refractivity (Wildman–Crippen MR) is 62.5 cm³/mol. The molecule has 2 rings (SSSR count). The third-order valence-electron chi connectivity index (χ3n) is 2.82. The molecule has 0 radical (unpaired) electrons. The fraction of sp³-hybridized carbons (Fsp3) is 0.364. The van der Waals surface area contributed by atoms with Gasteiger partial charge in [-0.15, -0.1) is 23.2 Å². The second kappa shape index (κ2) is 3.56. The highest BCUT2D eigenvalue weighted by Crippen LogP contribution is 2.64. The number of nitriles is 1. The highest BCUT2D eigenvalue weighted by Gasteiger charge is 2.60. The van der Waals surface area contributed by atoms with Crippen LogP contribution in [0.1, 0.15) is 24.0 Å². The maximum Gasteiger partial charge on any atom is 0.128 e. The molecule has 1 fully saturated rings. The molecular weight excluding hydrogens is 252 g/mol. The van der Waals surface area contributed by atoms with Crippen molar-refractivity contribution in [3.63, 3.8) is 0 Å². The molecule has 0 N–H and O–H groups in total. The minimum atomic E-state index is -0.711. The Morgan fingerprint density at radius 2 is 1.93 bits per heavy atom. The third kappa shape index (κ3) is 1.83. The topological polar surface area (TPSA) is 23.8 Å². The van der Waals surface area contributed by atoms with Gasteiger partial charge in [-0.3, -0.25) is 0 Å². The lowest BCUT2D eigenvalue weighted by Gasteiger charge is -2.02. The molecule has 1 nitrogen and oxygen atoms in total. The van der Waals surface area contributed by atoms with E-state index >= 15 is 0 Å². The number of benzene rings is 1. The molecule has 0 aliphatic heterocycles. The summed E-state index contributed by atoms with van der Waals surface area (Å²) >= 11 is 18.1. The first kappa shape index (κ1) is 11.1. The maximum atomic E-state index is 8.81. The van der Waals surface area contributed by atoms with E-state index in [2.05, 4.69) is 6.07 Å². The van der Waals surface area contributed by atoms with Gasteiger partial charge in [0.1, 0.15) is 4.33 Å². The van der Waals surface area contributed by atoms with Crippen LogP contribution in [0, 0.1) is 17.2 Å². The molecule has 1 aromatic carbocycles. The van der Waals surface area contributed by atoms with Gasteiger partial charge >= 0.3 is 0 Å². The molecule has 1 saturated carbocycles. The van der Waals surface area contributed by atoms with Crippen LogP contribution < -0.4 is 0 Å². The molecule has 78 valence electrons. The van der Waals surface area contributed by atoms with E-state index in [1.54, 1.807) is 12.1 Å². The molecule has 0 aromatic heterocycles. The maximum absolute atomic E-state index is 8.81. The van der Waals surface area contributed by atoms with Gasteiger partial charge < -0.3 is 0 Å². The van der Waals surface area contributed by atoms with Crippen molar-refractivity contribution < 1.29 is 0 Å². The van der Waals surface area contributed by atoms with Gasteiger partial charge in [0.05, 0.1) is 11.6 Å². The van der Waals surface area contributed by atoms with Crippen molar-refractivity contribution in [3.8, 4) is 6.07 Å². The molecule has 0 saturated heterocycles. The molecule has 4 heteroatoms. The van der Waals surface area contributed by atoms with Crippen molar-refractivity contribution in [2.45, 2.75) is 17.2 Å². The zero-order valence-corrected chi connectivity index (χ0v) is 10.2. The molecule has 1 aliphatic rings. The first-order valence-electron chi connectivity index (χ1n) is 4.55. The van der Waals surface area contributed by atoms with E-state index in [9.17, 15) is 0 Å². The Morgan fingerprint density at radius 1 is 1.33 bits per heavy atom. The fourth-order valence-corrected chi connectivity index (χ4v) is 2.85. The van der Waals surface area contributed by atoms with Gasteiger partial charge in [-0.1, -0.05) is 18.5 Å². The zero-order valence-electron chi connectivity index (χ0n) is 7.97. The predicted octanol–water partition coefficient (Wildman–Crippen LogP) is 4.12. The molecular formula is C11H8Cl3N. The number of alkyl halides is 2. The van der Waals surface area contributed by atoms with E-state index < -0.39 is 4.33 Å². The molecule has 0 bridgehead atoms. The van der Waals surface area contributed by atoms with Gasteiger partial charge in [0.15, 0.2) is 0 Å². The summed E-state index contributed by atoms with van der Waals surface area (Å²) in [6.45, 7) is 1.98. The Kier molecular flexibility index (Phi) is 2.63. The minimum absolute atomic E-state index is 0.0756. The van der Waals surface area contributed by atoms with Gasteiger partial charge in [0.25, 0.3) is 0 Å². The summed E-state index contributed by atoms with van der Waals surface area (Å²) in [6, 6.07) is 7.30. The van der Waals surface area contributed by atoms with Crippen LogP contribution in [-0.4, -0.2) is 4.33 Å². The van der Waals surface area contributed by atoms with Crippen LogP contribution in [0.2, 0.25) is 5.02 Å². The lowest BCUT2D eigenvalue weighted by Crippen LogP contribution is -1.91. The van der Waals surface area contributed by atoms with Crippen LogP contribution in [-0.2, 0) is 0 Å². The van der Waals surface area contributed by atoms with Crippen LogP contribution in [0.25, 0.3) is 0 Å². The first-order chi connectivity index (χ1) is 6.96. The molecule has 1 aromatic rings. The third-order valence-corrected chi connectivity index (χ3v) is 4.20. The molecule has 0 amide bonds. The Morgan fingerprint density at radius 3 is 2.40 bits per heavy atom. The number of nitrogens with zero attached hydrogens (tertiary/aromatic N) is 1. The van der Waals surface area contributed by atoms with Crippen molar-refractivity contribution in [2.75, 3.05) is 0 Å². The fourth-order valence-electron chi connectivity index (χ4n) is 1.85. The normalized spacial score (nSPS) is 27.1. The lowest BCUT2D eigenvalue weighted by atomic mass is 10.1. The van der Waals surface area contributed by atoms with Gasteiger partial charge in [0, 0.05) is 10.9 Å². The number of halogens is 3. The largest absolute Gasteiger partial charge is 0.192 e. The quantitative estimate of drug-likeness (QED) is 0.697. The number of hydrogen-bond acceptors (Lipinski definition) is 1. The summed E-state index contributed by atoms with van der Waals surface area (Å²) in [5.74, 6) is 0.275. The van der Waals surface area contributed by atoms with E-state index in [1.807, 2.05) is 13.0 Å². The monoisotopic (exact) mass is 259 g/mol. The molecule has 0 heterocycles. The molecule has 15 heavy (non-hydrogen) atoms. The standard InChI is InChI=1S/C11H8Cl3N/c1-6-10(11(6,13)14)8-2-7(5-15)3-9(12)4-8/h2-4,6,10H,1H3/t6-,10+/m0/s1. The van der Waals surface area contributed by atoms with E-state index in [1.165, 1.54) is 0 Å². The van der Waals surface area contributed by atoms with Crippen LogP contribution in [0.5, 0.6) is 0 Å². The smallest absolute Gasteiger partial charge is 0.128 e. The highest BCUT2D eigenvalue weighted by molar-refractivity contribution is 6.51. The Balaban J connectivity index is 2.40. The van der Waals surface area contributed by atoms with Crippen molar-refractivity contribution in [3.05, 3.63) is 34.3 Å². The summed E-state index contributed by atoms with van der Waals surface area (Å²) < 4.78 is -0.711. The highest BCUT2D eigenvalue weighted by atomic mass is 35.5. The van der Waals surface area contributed by atoms with E-state index in [0.717, 1.165) is 5.56 Å². The minimum Gasteiger partial charge on any atom is -0.192 e. The second-order valence-electron chi connectivity index (χ2n) is 3.83. The van der Waals surface area contributed by atoms with E-state index in [4.69, 9.17) is 40.1 Å². The summed E-state index contributed by atoms with van der Waals surface area (Å²) in [5, 5.41) is 9.36. The summed E-state index contributed by atoms with van der Waals surface area (Å²) in [7, 11) is 0. The van der Waals surface area contributed by atoms with Gasteiger partial charge in [-0.25, -0.2) is 0 Å². The number of hydrogen-bond donors (Lipinski definition) is 0. The van der Waals surface area contributed by atoms with Crippen molar-refractivity contribution in [1.29, 1.82) is 5.26 Å². The Bertz CT molecular complexity index is 448. The van der Waals surface area contributed by atoms with Crippen LogP contribution in [0.4, 0.5) is 0 Å². The van der Waals surface area contributed by atoms with Crippen molar-refractivity contribution in [1.82, 2.24) is 0 Å². The molecule has 0 unspecified atom stereocenters. The van der Waals surface area contributed by atoms with Crippen LogP contribution in [0.15, 0.2) is 18.2 Å². The van der Waals surface area contributed by atoms with Gasteiger partial charge in [0.2, 0.25) is 0 Å². The SMILES string of the molecule is C[C@H]1[C@H](c2cc(Cl)cc(C#N)c2)C1(Cl)Cl. The molecule has 0 spiro atoms. The van der Waals surface area contributed by atoms with E-state index in [-0.39, 0.29) is 11.8 Å². The first-order valence-corrected chi connectivity index (χ1v) is 5.68. The summed E-state index contributed by atoms with van der Waals surface area (Å²) in [5.41, 5.74) is 1.48. The molecule has 2 atom stereocenters. The lowest BCUT2D eigenvalue weighted by molar-refractivity contribution is 0.910. The summed E-state index contributed by atoms with van der Waals surface area (Å²) in [4.78, 5) is 0. The average molecular weight is 261 g/mol. The van der Waals surface area contributed by atoms with Crippen LogP contribution >= 0.6 is 34.8 Å².